The molecular formula is C28H52BN2O3. The average molecular weight is 476 g/mol. The summed E-state index contributed by atoms with van der Waals surface area (Å²) in [5.74, 6) is 0.491. The highest BCUT2D eigenvalue weighted by Gasteiger charge is 2.55. The number of nitrogens with one attached hydrogen (secondary N) is 1. The van der Waals surface area contributed by atoms with Crippen molar-refractivity contribution in [2.75, 3.05) is 6.54 Å². The van der Waals surface area contributed by atoms with E-state index in [-0.39, 0.29) is 34.0 Å². The molecular weight excluding hydrogens is 423 g/mol. The second-order valence-corrected chi connectivity index (χ2v) is 13.3. The van der Waals surface area contributed by atoms with Gasteiger partial charge in [0.15, 0.2) is 0 Å². The first-order valence-corrected chi connectivity index (χ1v) is 13.2. The van der Waals surface area contributed by atoms with Crippen LogP contribution in [0.15, 0.2) is 0 Å². The Morgan fingerprint density at radius 3 is 1.91 bits per heavy atom. The van der Waals surface area contributed by atoms with Crippen molar-refractivity contribution >= 4 is 24.7 Å². The van der Waals surface area contributed by atoms with Crippen molar-refractivity contribution in [1.29, 1.82) is 0 Å². The highest BCUT2D eigenvalue weighted by molar-refractivity contribution is 6.74. The molecule has 0 saturated carbocycles. The van der Waals surface area contributed by atoms with E-state index in [0.29, 0.717) is 18.8 Å². The quantitative estimate of drug-likeness (QED) is 0.452. The van der Waals surface area contributed by atoms with Crippen LogP contribution in [0.5, 0.6) is 0 Å². The van der Waals surface area contributed by atoms with E-state index in [1.165, 1.54) is 7.41 Å². The number of ketones is 2. The molecule has 1 aliphatic rings. The third-order valence-electron chi connectivity index (χ3n) is 9.59. The number of carbonyl (C=O) groups is 3. The molecule has 1 heterocycles. The SMILES string of the molecule is CCC(C)(N[B]C(=O)C(C)(CC)N1CC(C)CC(C)(C)CC(C(C)=O)C(C)(C)C1(C)C)C(C)=O. The van der Waals surface area contributed by atoms with Crippen LogP contribution in [0.1, 0.15) is 116 Å². The van der Waals surface area contributed by atoms with Crippen LogP contribution in [0.25, 0.3) is 0 Å². The Bertz CT molecular complexity index is 776. The lowest BCUT2D eigenvalue weighted by molar-refractivity contribution is -0.143. The van der Waals surface area contributed by atoms with Crippen molar-refractivity contribution in [2.24, 2.45) is 22.7 Å². The standard InChI is InChI=1S/C28H52BN2O3/c1-14-27(12,21(5)33)30-29-23(34)28(13,15-2)31-18-19(3)16-24(6,7)17-22(20(4)32)25(8,9)26(31,10)11/h19,22,30H,14-18H2,1-13H3. The average Bonchev–Trinajstić information content (AvgIpc) is 2.73. The van der Waals surface area contributed by atoms with Gasteiger partial charge in [0, 0.05) is 18.0 Å². The largest absolute Gasteiger partial charge is 0.342 e. The van der Waals surface area contributed by atoms with Gasteiger partial charge >= 0.3 is 0 Å². The predicted octanol–water partition coefficient (Wildman–Crippen LogP) is 5.42. The first kappa shape index (κ1) is 31.0. The topological polar surface area (TPSA) is 66.5 Å². The van der Waals surface area contributed by atoms with Crippen molar-refractivity contribution in [3.63, 3.8) is 0 Å². The molecule has 34 heavy (non-hydrogen) atoms. The van der Waals surface area contributed by atoms with E-state index in [1.54, 1.807) is 13.8 Å². The van der Waals surface area contributed by atoms with Gasteiger partial charge in [-0.2, -0.15) is 0 Å². The van der Waals surface area contributed by atoms with Crippen molar-refractivity contribution in [2.45, 2.75) is 132 Å². The molecule has 0 amide bonds. The Kier molecular flexibility index (Phi) is 9.62. The summed E-state index contributed by atoms with van der Waals surface area (Å²) in [5, 5.41) is 3.16. The molecule has 1 aliphatic heterocycles. The Labute approximate surface area is 210 Å². The number of hydrogen-bond donors (Lipinski definition) is 1. The normalized spacial score (nSPS) is 28.4. The summed E-state index contributed by atoms with van der Waals surface area (Å²) in [6.45, 7) is 27.5. The Hall–Kier alpha value is -1.01. The number of nitrogens with zero attached hydrogens (tertiary/aromatic N) is 1. The molecule has 0 bridgehead atoms. The van der Waals surface area contributed by atoms with Crippen LogP contribution in [-0.2, 0) is 14.4 Å². The highest BCUT2D eigenvalue weighted by Crippen LogP contribution is 2.51. The maximum absolute atomic E-state index is 13.9. The lowest BCUT2D eigenvalue weighted by Gasteiger charge is -2.58. The van der Waals surface area contributed by atoms with Gasteiger partial charge in [-0.1, -0.05) is 48.5 Å². The monoisotopic (exact) mass is 475 g/mol. The van der Waals surface area contributed by atoms with Gasteiger partial charge in [-0.15, -0.1) is 0 Å². The van der Waals surface area contributed by atoms with E-state index in [0.717, 1.165) is 19.4 Å². The van der Waals surface area contributed by atoms with E-state index in [2.05, 4.69) is 65.5 Å². The maximum atomic E-state index is 13.9. The molecule has 1 radical (unpaired) electrons. The lowest BCUT2D eigenvalue weighted by Crippen LogP contribution is -2.69. The molecule has 0 aromatic heterocycles. The zero-order chi connectivity index (χ0) is 26.9. The minimum Gasteiger partial charge on any atom is -0.342 e. The number of Topliss-reactive ketones (excluding diaryl/α,β-unsaturated/α-hetero) is 2. The van der Waals surface area contributed by atoms with Gasteiger partial charge in [-0.05, 0) is 84.0 Å². The summed E-state index contributed by atoms with van der Waals surface area (Å²) in [4.78, 5) is 41.4. The van der Waals surface area contributed by atoms with Gasteiger partial charge in [-0.3, -0.25) is 14.5 Å². The van der Waals surface area contributed by atoms with Crippen molar-refractivity contribution < 1.29 is 14.4 Å². The minimum absolute atomic E-state index is 0.0154. The van der Waals surface area contributed by atoms with Gasteiger partial charge in [0.25, 0.3) is 7.41 Å². The van der Waals surface area contributed by atoms with Crippen molar-refractivity contribution in [3.05, 3.63) is 0 Å². The molecule has 5 nitrogen and oxygen atoms in total. The van der Waals surface area contributed by atoms with Crippen LogP contribution in [0.2, 0.25) is 0 Å². The second-order valence-electron chi connectivity index (χ2n) is 13.3. The lowest BCUT2D eigenvalue weighted by atomic mass is 9.59. The summed E-state index contributed by atoms with van der Waals surface area (Å²) < 4.78 is 0. The second kappa shape index (κ2) is 10.5. The van der Waals surface area contributed by atoms with Crippen LogP contribution in [0.4, 0.5) is 0 Å². The summed E-state index contributed by atoms with van der Waals surface area (Å²) >= 11 is 0. The van der Waals surface area contributed by atoms with Crippen molar-refractivity contribution in [1.82, 2.24) is 10.1 Å². The van der Waals surface area contributed by atoms with Crippen LogP contribution >= 0.6 is 0 Å². The summed E-state index contributed by atoms with van der Waals surface area (Å²) in [7, 11) is 1.53. The Balaban J connectivity index is 3.57. The van der Waals surface area contributed by atoms with E-state index >= 15 is 0 Å². The van der Waals surface area contributed by atoms with E-state index in [4.69, 9.17) is 0 Å². The minimum atomic E-state index is -0.775. The molecule has 1 N–H and O–H groups in total. The van der Waals surface area contributed by atoms with Gasteiger partial charge < -0.3 is 10.0 Å². The fourth-order valence-corrected chi connectivity index (χ4v) is 6.01. The first-order valence-electron chi connectivity index (χ1n) is 13.2. The number of carbonyl (C=O) groups excluding carboxylic acids is 3. The van der Waals surface area contributed by atoms with Crippen LogP contribution in [-0.4, -0.2) is 52.7 Å². The van der Waals surface area contributed by atoms with E-state index in [1.807, 2.05) is 20.8 Å². The smallest absolute Gasteiger partial charge is 0.298 e. The molecule has 195 valence electrons. The highest BCUT2D eigenvalue weighted by atomic mass is 16.1. The van der Waals surface area contributed by atoms with Crippen molar-refractivity contribution in [3.8, 4) is 0 Å². The van der Waals surface area contributed by atoms with Gasteiger partial charge in [0.1, 0.15) is 17.2 Å². The Morgan fingerprint density at radius 1 is 0.971 bits per heavy atom. The molecule has 4 unspecified atom stereocenters. The predicted molar refractivity (Wildman–Crippen MR) is 143 cm³/mol. The molecule has 6 heteroatoms. The van der Waals surface area contributed by atoms with Gasteiger partial charge in [0.05, 0.1) is 11.1 Å². The van der Waals surface area contributed by atoms with E-state index in [9.17, 15) is 14.4 Å². The van der Waals surface area contributed by atoms with Gasteiger partial charge in [0.2, 0.25) is 0 Å². The van der Waals surface area contributed by atoms with Crippen LogP contribution in [0, 0.1) is 22.7 Å². The third kappa shape index (κ3) is 6.03. The molecule has 1 saturated heterocycles. The third-order valence-corrected chi connectivity index (χ3v) is 9.59. The molecule has 1 fully saturated rings. The summed E-state index contributed by atoms with van der Waals surface area (Å²) in [6.07, 6.45) is 3.07. The van der Waals surface area contributed by atoms with Crippen LogP contribution in [0.3, 0.4) is 0 Å². The Morgan fingerprint density at radius 2 is 1.50 bits per heavy atom. The maximum Gasteiger partial charge on any atom is 0.298 e. The first-order chi connectivity index (χ1) is 15.2. The summed E-state index contributed by atoms with van der Waals surface area (Å²) in [6, 6.07) is 0. The zero-order valence-corrected chi connectivity index (χ0v) is 24.4. The summed E-state index contributed by atoms with van der Waals surface area (Å²) in [5.41, 5.74) is -2.32. The fraction of sp³-hybridized carbons (Fsp3) is 0.893. The molecule has 0 aromatic carbocycles. The number of rotatable bonds is 9. The zero-order valence-electron chi connectivity index (χ0n) is 24.4. The van der Waals surface area contributed by atoms with Gasteiger partial charge in [-0.25, -0.2) is 0 Å². The van der Waals surface area contributed by atoms with Crippen LogP contribution < -0.4 is 5.23 Å². The van der Waals surface area contributed by atoms with E-state index < -0.39 is 16.6 Å². The fourth-order valence-electron chi connectivity index (χ4n) is 6.01. The molecule has 4 atom stereocenters. The number of hydrogen-bond acceptors (Lipinski definition) is 5. The molecule has 1 rings (SSSR count). The molecule has 0 aliphatic carbocycles. The molecule has 0 spiro atoms. The molecule has 0 aromatic rings.